The standard InChI is InChI=1S/C15H19FO3/c16-12-4-6-13(7-5-12)19-11-3-10-15(14(17)18)8-1-2-9-15/h4-7H,1-3,8-11H2,(H,17,18). The fraction of sp³-hybridized carbons (Fsp3) is 0.533. The second-order valence-corrected chi connectivity index (χ2v) is 5.20. The predicted molar refractivity (Wildman–Crippen MR) is 69.7 cm³/mol. The van der Waals surface area contributed by atoms with E-state index < -0.39 is 11.4 Å². The lowest BCUT2D eigenvalue weighted by atomic mass is 9.82. The van der Waals surface area contributed by atoms with Crippen molar-refractivity contribution in [1.29, 1.82) is 0 Å². The van der Waals surface area contributed by atoms with Crippen molar-refractivity contribution in [3.05, 3.63) is 30.1 Å². The number of aliphatic carboxylic acids is 1. The SMILES string of the molecule is O=C(O)C1(CCCOc2ccc(F)cc2)CCCC1. The van der Waals surface area contributed by atoms with Crippen LogP contribution in [0.2, 0.25) is 0 Å². The number of carboxylic acids is 1. The maximum absolute atomic E-state index is 12.7. The molecule has 4 heteroatoms. The molecular formula is C15H19FO3. The molecule has 0 atom stereocenters. The summed E-state index contributed by atoms with van der Waals surface area (Å²) in [5.74, 6) is -0.341. The lowest BCUT2D eigenvalue weighted by Gasteiger charge is -2.23. The average Bonchev–Trinajstić information content (AvgIpc) is 2.87. The van der Waals surface area contributed by atoms with Crippen LogP contribution in [0, 0.1) is 11.2 Å². The van der Waals surface area contributed by atoms with E-state index in [1.165, 1.54) is 12.1 Å². The van der Waals surface area contributed by atoms with Gasteiger partial charge in [-0.1, -0.05) is 12.8 Å². The van der Waals surface area contributed by atoms with Gasteiger partial charge in [0.25, 0.3) is 0 Å². The molecule has 0 bridgehead atoms. The Labute approximate surface area is 112 Å². The van der Waals surface area contributed by atoms with E-state index in [2.05, 4.69) is 0 Å². The summed E-state index contributed by atoms with van der Waals surface area (Å²) in [6, 6.07) is 5.87. The number of hydrogen-bond acceptors (Lipinski definition) is 2. The van der Waals surface area contributed by atoms with Crippen molar-refractivity contribution in [2.45, 2.75) is 38.5 Å². The highest BCUT2D eigenvalue weighted by atomic mass is 19.1. The lowest BCUT2D eigenvalue weighted by Crippen LogP contribution is -2.28. The molecule has 1 saturated carbocycles. The Morgan fingerprint density at radius 1 is 1.26 bits per heavy atom. The maximum atomic E-state index is 12.7. The number of carbonyl (C=O) groups is 1. The molecule has 19 heavy (non-hydrogen) atoms. The third-order valence-corrected chi connectivity index (χ3v) is 3.90. The van der Waals surface area contributed by atoms with Gasteiger partial charge in [-0.15, -0.1) is 0 Å². The summed E-state index contributed by atoms with van der Waals surface area (Å²) in [6.07, 6.45) is 4.93. The summed E-state index contributed by atoms with van der Waals surface area (Å²) in [6.45, 7) is 0.473. The van der Waals surface area contributed by atoms with Crippen LogP contribution in [0.4, 0.5) is 4.39 Å². The molecule has 0 spiro atoms. The summed E-state index contributed by atoms with van der Waals surface area (Å²) < 4.78 is 18.2. The number of hydrogen-bond donors (Lipinski definition) is 1. The normalized spacial score (nSPS) is 17.3. The van der Waals surface area contributed by atoms with Crippen LogP contribution < -0.4 is 4.74 Å². The maximum Gasteiger partial charge on any atom is 0.309 e. The quantitative estimate of drug-likeness (QED) is 0.800. The van der Waals surface area contributed by atoms with Crippen LogP contribution in [-0.2, 0) is 4.79 Å². The molecule has 3 nitrogen and oxygen atoms in total. The lowest BCUT2D eigenvalue weighted by molar-refractivity contribution is -0.149. The number of carboxylic acid groups (broad SMARTS) is 1. The van der Waals surface area contributed by atoms with Crippen LogP contribution in [0.1, 0.15) is 38.5 Å². The minimum atomic E-state index is -0.674. The number of halogens is 1. The summed E-state index contributed by atoms with van der Waals surface area (Å²) in [7, 11) is 0. The second kappa shape index (κ2) is 6.04. The van der Waals surface area contributed by atoms with Gasteiger partial charge in [-0.3, -0.25) is 4.79 Å². The van der Waals surface area contributed by atoms with Crippen LogP contribution in [0.25, 0.3) is 0 Å². The van der Waals surface area contributed by atoms with E-state index in [0.29, 0.717) is 25.2 Å². The van der Waals surface area contributed by atoms with Crippen molar-refractivity contribution in [2.24, 2.45) is 5.41 Å². The van der Waals surface area contributed by atoms with Crippen LogP contribution in [0.5, 0.6) is 5.75 Å². The van der Waals surface area contributed by atoms with Crippen molar-refractivity contribution >= 4 is 5.97 Å². The summed E-state index contributed by atoms with van der Waals surface area (Å²) in [5, 5.41) is 9.33. The Morgan fingerprint density at radius 3 is 2.47 bits per heavy atom. The monoisotopic (exact) mass is 266 g/mol. The first-order valence-corrected chi connectivity index (χ1v) is 6.74. The van der Waals surface area contributed by atoms with E-state index in [-0.39, 0.29) is 5.82 Å². The van der Waals surface area contributed by atoms with Gasteiger partial charge in [-0.05, 0) is 49.9 Å². The van der Waals surface area contributed by atoms with Crippen LogP contribution in [-0.4, -0.2) is 17.7 Å². The first-order chi connectivity index (χ1) is 9.12. The molecule has 2 rings (SSSR count). The van der Waals surface area contributed by atoms with Gasteiger partial charge in [-0.2, -0.15) is 0 Å². The van der Waals surface area contributed by atoms with Gasteiger partial charge in [0.2, 0.25) is 0 Å². The van der Waals surface area contributed by atoms with Crippen molar-refractivity contribution in [2.75, 3.05) is 6.61 Å². The summed E-state index contributed by atoms with van der Waals surface area (Å²) in [5.41, 5.74) is -0.536. The van der Waals surface area contributed by atoms with Crippen LogP contribution in [0.3, 0.4) is 0 Å². The Hall–Kier alpha value is -1.58. The molecule has 1 aromatic carbocycles. The van der Waals surface area contributed by atoms with E-state index >= 15 is 0 Å². The molecule has 1 aliphatic rings. The molecule has 0 unspecified atom stereocenters. The highest BCUT2D eigenvalue weighted by Crippen LogP contribution is 2.42. The van der Waals surface area contributed by atoms with Crippen molar-refractivity contribution in [3.8, 4) is 5.75 Å². The Morgan fingerprint density at radius 2 is 1.89 bits per heavy atom. The molecule has 0 radical (unpaired) electrons. The minimum absolute atomic E-state index is 0.289. The Kier molecular flexibility index (Phi) is 4.40. The van der Waals surface area contributed by atoms with Gasteiger partial charge >= 0.3 is 5.97 Å². The van der Waals surface area contributed by atoms with E-state index in [4.69, 9.17) is 4.74 Å². The molecule has 0 heterocycles. The van der Waals surface area contributed by atoms with E-state index in [1.807, 2.05) is 0 Å². The van der Waals surface area contributed by atoms with Crippen molar-refractivity contribution in [3.63, 3.8) is 0 Å². The van der Waals surface area contributed by atoms with Crippen molar-refractivity contribution < 1.29 is 19.0 Å². The highest BCUT2D eigenvalue weighted by molar-refractivity contribution is 5.74. The Balaban J connectivity index is 1.77. The van der Waals surface area contributed by atoms with Gasteiger partial charge in [0.05, 0.1) is 12.0 Å². The Bertz CT molecular complexity index is 422. The third-order valence-electron chi connectivity index (χ3n) is 3.90. The first-order valence-electron chi connectivity index (χ1n) is 6.74. The van der Waals surface area contributed by atoms with Crippen LogP contribution >= 0.6 is 0 Å². The highest BCUT2D eigenvalue weighted by Gasteiger charge is 2.40. The minimum Gasteiger partial charge on any atom is -0.494 e. The smallest absolute Gasteiger partial charge is 0.309 e. The molecule has 1 aliphatic carbocycles. The zero-order chi connectivity index (χ0) is 13.7. The zero-order valence-corrected chi connectivity index (χ0v) is 10.9. The average molecular weight is 266 g/mol. The summed E-state index contributed by atoms with van der Waals surface area (Å²) in [4.78, 5) is 11.3. The molecule has 0 saturated heterocycles. The number of ether oxygens (including phenoxy) is 1. The zero-order valence-electron chi connectivity index (χ0n) is 10.9. The second-order valence-electron chi connectivity index (χ2n) is 5.20. The van der Waals surface area contributed by atoms with Gasteiger partial charge in [0.1, 0.15) is 11.6 Å². The van der Waals surface area contributed by atoms with E-state index in [0.717, 1.165) is 25.7 Å². The predicted octanol–water partition coefficient (Wildman–Crippen LogP) is 3.63. The van der Waals surface area contributed by atoms with E-state index in [9.17, 15) is 14.3 Å². The summed E-state index contributed by atoms with van der Waals surface area (Å²) >= 11 is 0. The fourth-order valence-corrected chi connectivity index (χ4v) is 2.75. The number of benzene rings is 1. The molecule has 1 aromatic rings. The van der Waals surface area contributed by atoms with Crippen molar-refractivity contribution in [1.82, 2.24) is 0 Å². The third kappa shape index (κ3) is 3.46. The molecule has 104 valence electrons. The first kappa shape index (κ1) is 13.8. The topological polar surface area (TPSA) is 46.5 Å². The molecule has 0 amide bonds. The molecule has 1 fully saturated rings. The molecular weight excluding hydrogens is 247 g/mol. The largest absolute Gasteiger partial charge is 0.494 e. The van der Waals surface area contributed by atoms with Crippen LogP contribution in [0.15, 0.2) is 24.3 Å². The van der Waals surface area contributed by atoms with E-state index in [1.54, 1.807) is 12.1 Å². The van der Waals surface area contributed by atoms with Gasteiger partial charge in [-0.25, -0.2) is 4.39 Å². The van der Waals surface area contributed by atoms with Gasteiger partial charge in [0, 0.05) is 0 Å². The molecule has 1 N–H and O–H groups in total. The van der Waals surface area contributed by atoms with Gasteiger partial charge in [0.15, 0.2) is 0 Å². The fourth-order valence-electron chi connectivity index (χ4n) is 2.75. The van der Waals surface area contributed by atoms with Gasteiger partial charge < -0.3 is 9.84 Å². The molecule has 0 aliphatic heterocycles. The number of rotatable bonds is 6. The molecule has 0 aromatic heterocycles.